The minimum Gasteiger partial charge on any atom is -0.489 e. The van der Waals surface area contributed by atoms with E-state index in [0.29, 0.717) is 13.2 Å². The van der Waals surface area contributed by atoms with Crippen LogP contribution in [-0.4, -0.2) is 12.9 Å². The Bertz CT molecular complexity index is 579. The van der Waals surface area contributed by atoms with E-state index in [1.54, 1.807) is 7.11 Å². The number of hydrogen-bond acceptors (Lipinski definition) is 3. The maximum Gasteiger partial charge on any atom is 0.122 e. The molecule has 3 N–H and O–H groups in total. The summed E-state index contributed by atoms with van der Waals surface area (Å²) < 4.78 is 10.8. The highest BCUT2D eigenvalue weighted by Crippen LogP contribution is 2.16. The third-order valence-electron chi connectivity index (χ3n) is 2.88. The van der Waals surface area contributed by atoms with Gasteiger partial charge in [-0.3, -0.25) is 5.41 Å². The van der Waals surface area contributed by atoms with Gasteiger partial charge in [0.05, 0.1) is 6.61 Å². The first-order valence-corrected chi connectivity index (χ1v) is 6.33. The Morgan fingerprint density at radius 3 is 2.45 bits per heavy atom. The molecular formula is C16H18N2O2. The monoisotopic (exact) mass is 270 g/mol. The second kappa shape index (κ2) is 6.73. The zero-order valence-electron chi connectivity index (χ0n) is 11.4. The van der Waals surface area contributed by atoms with Crippen molar-refractivity contribution < 1.29 is 9.47 Å². The van der Waals surface area contributed by atoms with Gasteiger partial charge < -0.3 is 15.2 Å². The quantitative estimate of drug-likeness (QED) is 0.626. The molecule has 2 aromatic carbocycles. The van der Waals surface area contributed by atoms with Gasteiger partial charge in [0.2, 0.25) is 0 Å². The molecule has 0 radical (unpaired) electrons. The summed E-state index contributed by atoms with van der Waals surface area (Å²) in [6.45, 7) is 1.05. The van der Waals surface area contributed by atoms with E-state index in [4.69, 9.17) is 20.6 Å². The summed E-state index contributed by atoms with van der Waals surface area (Å²) in [5, 5.41) is 7.34. The molecule has 4 nitrogen and oxygen atoms in total. The van der Waals surface area contributed by atoms with Crippen molar-refractivity contribution in [3.8, 4) is 5.75 Å². The average Bonchev–Trinajstić information content (AvgIpc) is 2.46. The molecule has 0 aliphatic carbocycles. The van der Waals surface area contributed by atoms with Crippen LogP contribution in [0.2, 0.25) is 0 Å². The average molecular weight is 270 g/mol. The number of nitrogen functional groups attached to an aromatic ring is 1. The van der Waals surface area contributed by atoms with Gasteiger partial charge in [-0.05, 0) is 23.3 Å². The van der Waals surface area contributed by atoms with E-state index in [-0.39, 0.29) is 5.84 Å². The fourth-order valence-electron chi connectivity index (χ4n) is 1.84. The highest BCUT2D eigenvalue weighted by molar-refractivity contribution is 5.94. The first-order valence-electron chi connectivity index (χ1n) is 6.33. The standard InChI is InChI=1S/C16H18N2O2/c1-19-10-13-3-2-4-15(9-13)20-11-12-5-7-14(8-6-12)16(17)18/h2-9H,10-11H2,1H3,(H3,17,18). The van der Waals surface area contributed by atoms with Gasteiger partial charge in [-0.25, -0.2) is 0 Å². The first-order chi connectivity index (χ1) is 9.69. The molecule has 0 bridgehead atoms. The minimum absolute atomic E-state index is 0.0738. The van der Waals surface area contributed by atoms with Crippen LogP contribution in [0.1, 0.15) is 16.7 Å². The molecule has 0 aromatic heterocycles. The zero-order chi connectivity index (χ0) is 14.4. The Labute approximate surface area is 118 Å². The molecule has 0 amide bonds. The van der Waals surface area contributed by atoms with E-state index in [1.165, 1.54) is 0 Å². The second-order valence-corrected chi connectivity index (χ2v) is 4.48. The van der Waals surface area contributed by atoms with Crippen molar-refractivity contribution in [1.29, 1.82) is 5.41 Å². The van der Waals surface area contributed by atoms with Gasteiger partial charge in [-0.15, -0.1) is 0 Å². The van der Waals surface area contributed by atoms with Gasteiger partial charge in [0.15, 0.2) is 0 Å². The molecule has 0 heterocycles. The van der Waals surface area contributed by atoms with Gasteiger partial charge in [0, 0.05) is 12.7 Å². The van der Waals surface area contributed by atoms with Crippen LogP contribution in [-0.2, 0) is 18.0 Å². The predicted molar refractivity (Wildman–Crippen MR) is 78.9 cm³/mol. The first kappa shape index (κ1) is 14.1. The Hall–Kier alpha value is -2.33. The molecule has 0 fully saturated rings. The van der Waals surface area contributed by atoms with Gasteiger partial charge in [0.1, 0.15) is 18.2 Å². The SMILES string of the molecule is COCc1cccc(OCc2ccc(C(=N)N)cc2)c1. The van der Waals surface area contributed by atoms with Gasteiger partial charge in [-0.1, -0.05) is 36.4 Å². The molecule has 2 aromatic rings. The molecule has 104 valence electrons. The van der Waals surface area contributed by atoms with E-state index in [1.807, 2.05) is 48.5 Å². The van der Waals surface area contributed by atoms with E-state index in [9.17, 15) is 0 Å². The molecule has 0 atom stereocenters. The van der Waals surface area contributed by atoms with Crippen LogP contribution >= 0.6 is 0 Å². The lowest BCUT2D eigenvalue weighted by Crippen LogP contribution is -2.10. The van der Waals surface area contributed by atoms with Gasteiger partial charge >= 0.3 is 0 Å². The fraction of sp³-hybridized carbons (Fsp3) is 0.188. The summed E-state index contributed by atoms with van der Waals surface area (Å²) in [5.74, 6) is 0.889. The predicted octanol–water partition coefficient (Wildman–Crippen LogP) is 2.70. The van der Waals surface area contributed by atoms with E-state index in [0.717, 1.165) is 22.4 Å². The lowest BCUT2D eigenvalue weighted by Gasteiger charge is -2.08. The number of nitrogens with two attached hydrogens (primary N) is 1. The number of rotatable bonds is 6. The van der Waals surface area contributed by atoms with E-state index >= 15 is 0 Å². The lowest BCUT2D eigenvalue weighted by atomic mass is 10.1. The molecule has 0 saturated carbocycles. The Kier molecular flexibility index (Phi) is 4.74. The molecule has 0 unspecified atom stereocenters. The van der Waals surface area contributed by atoms with Crippen LogP contribution in [0.15, 0.2) is 48.5 Å². The number of amidine groups is 1. The van der Waals surface area contributed by atoms with Crippen LogP contribution in [0.4, 0.5) is 0 Å². The summed E-state index contributed by atoms with van der Waals surface area (Å²) >= 11 is 0. The minimum atomic E-state index is 0.0738. The van der Waals surface area contributed by atoms with Crippen LogP contribution in [0.25, 0.3) is 0 Å². The lowest BCUT2D eigenvalue weighted by molar-refractivity contribution is 0.184. The van der Waals surface area contributed by atoms with E-state index in [2.05, 4.69) is 0 Å². The zero-order valence-corrected chi connectivity index (χ0v) is 11.4. The highest BCUT2D eigenvalue weighted by Gasteiger charge is 2.00. The summed E-state index contributed by atoms with van der Waals surface area (Å²) in [7, 11) is 1.67. The largest absolute Gasteiger partial charge is 0.489 e. The topological polar surface area (TPSA) is 68.3 Å². The van der Waals surface area contributed by atoms with Gasteiger partial charge in [0.25, 0.3) is 0 Å². The molecule has 0 saturated heterocycles. The molecule has 20 heavy (non-hydrogen) atoms. The highest BCUT2D eigenvalue weighted by atomic mass is 16.5. The van der Waals surface area contributed by atoms with Crippen molar-refractivity contribution in [1.82, 2.24) is 0 Å². The number of benzene rings is 2. The molecular weight excluding hydrogens is 252 g/mol. The van der Waals surface area contributed by atoms with Crippen molar-refractivity contribution in [2.24, 2.45) is 5.73 Å². The maximum atomic E-state index is 7.34. The molecule has 2 rings (SSSR count). The maximum absolute atomic E-state index is 7.34. The summed E-state index contributed by atoms with van der Waals surface area (Å²) in [5.41, 5.74) is 8.25. The van der Waals surface area contributed by atoms with Crippen molar-refractivity contribution in [3.05, 3.63) is 65.2 Å². The number of ether oxygens (including phenoxy) is 2. The second-order valence-electron chi connectivity index (χ2n) is 4.48. The van der Waals surface area contributed by atoms with Crippen LogP contribution < -0.4 is 10.5 Å². The number of nitrogens with one attached hydrogen (secondary N) is 1. The van der Waals surface area contributed by atoms with Crippen molar-refractivity contribution in [3.63, 3.8) is 0 Å². The Balaban J connectivity index is 1.97. The molecule has 0 aliphatic heterocycles. The summed E-state index contributed by atoms with van der Waals surface area (Å²) in [6, 6.07) is 15.3. The van der Waals surface area contributed by atoms with Crippen LogP contribution in [0.5, 0.6) is 5.75 Å². The molecule has 4 heteroatoms. The van der Waals surface area contributed by atoms with Gasteiger partial charge in [-0.2, -0.15) is 0 Å². The number of methoxy groups -OCH3 is 1. The smallest absolute Gasteiger partial charge is 0.122 e. The van der Waals surface area contributed by atoms with Crippen molar-refractivity contribution >= 4 is 5.84 Å². The third-order valence-corrected chi connectivity index (χ3v) is 2.88. The normalized spacial score (nSPS) is 10.2. The van der Waals surface area contributed by atoms with Crippen LogP contribution in [0, 0.1) is 5.41 Å². The fourth-order valence-corrected chi connectivity index (χ4v) is 1.84. The summed E-state index contributed by atoms with van der Waals surface area (Å²) in [6.07, 6.45) is 0. The van der Waals surface area contributed by atoms with Crippen molar-refractivity contribution in [2.75, 3.05) is 7.11 Å². The molecule has 0 spiro atoms. The Morgan fingerprint density at radius 1 is 1.05 bits per heavy atom. The van der Waals surface area contributed by atoms with Crippen LogP contribution in [0.3, 0.4) is 0 Å². The van der Waals surface area contributed by atoms with E-state index < -0.39 is 0 Å². The summed E-state index contributed by atoms with van der Waals surface area (Å²) in [4.78, 5) is 0. The molecule has 0 aliphatic rings. The number of hydrogen-bond donors (Lipinski definition) is 2. The third kappa shape index (κ3) is 3.83. The Morgan fingerprint density at radius 2 is 1.80 bits per heavy atom. The van der Waals surface area contributed by atoms with Crippen molar-refractivity contribution in [2.45, 2.75) is 13.2 Å².